The molecule has 0 aromatic heterocycles. The number of nitrogens with two attached hydrogens (primary N) is 1. The van der Waals surface area contributed by atoms with Crippen molar-refractivity contribution >= 4 is 11.6 Å². The van der Waals surface area contributed by atoms with Gasteiger partial charge in [-0.25, -0.2) is 0 Å². The molecule has 3 N–H and O–H groups in total. The summed E-state index contributed by atoms with van der Waals surface area (Å²) in [4.78, 5) is 0. The van der Waals surface area contributed by atoms with E-state index in [0.717, 1.165) is 6.42 Å². The Balaban J connectivity index is 2.38. The molecule has 1 aliphatic heterocycles. The minimum absolute atomic E-state index is 0.124. The summed E-state index contributed by atoms with van der Waals surface area (Å²) in [5.41, 5.74) is 5.98. The van der Waals surface area contributed by atoms with Crippen LogP contribution in [0.2, 0.25) is 5.02 Å². The zero-order chi connectivity index (χ0) is 11.5. The van der Waals surface area contributed by atoms with Crippen LogP contribution in [0.1, 0.15) is 18.1 Å². The standard InChI is InChI=1S/C11H14ClNO3/c12-8-5-11-10(15-2-1-3-16-11)4-7(8)9(14)6-13/h4-5,9,14H,1-3,6,13H2. The number of halogens is 1. The molecule has 2 rings (SSSR count). The van der Waals surface area contributed by atoms with Crippen molar-refractivity contribution in [2.45, 2.75) is 12.5 Å². The molecule has 1 atom stereocenters. The molecule has 0 bridgehead atoms. The number of benzene rings is 1. The molecule has 0 fully saturated rings. The Morgan fingerprint density at radius 1 is 1.31 bits per heavy atom. The van der Waals surface area contributed by atoms with Crippen molar-refractivity contribution in [3.05, 3.63) is 22.7 Å². The first-order chi connectivity index (χ1) is 7.72. The molecular weight excluding hydrogens is 230 g/mol. The Morgan fingerprint density at radius 2 is 1.94 bits per heavy atom. The van der Waals surface area contributed by atoms with Crippen LogP contribution in [-0.2, 0) is 0 Å². The third-order valence-corrected chi connectivity index (χ3v) is 2.78. The predicted octanol–water partition coefficient (Wildman–Crippen LogP) is 1.49. The molecule has 88 valence electrons. The zero-order valence-electron chi connectivity index (χ0n) is 8.78. The van der Waals surface area contributed by atoms with Crippen LogP contribution < -0.4 is 15.2 Å². The fraction of sp³-hybridized carbons (Fsp3) is 0.455. The van der Waals surface area contributed by atoms with Crippen molar-refractivity contribution < 1.29 is 14.6 Å². The average Bonchev–Trinajstić information content (AvgIpc) is 2.51. The quantitative estimate of drug-likeness (QED) is 0.826. The van der Waals surface area contributed by atoms with Gasteiger partial charge in [-0.1, -0.05) is 11.6 Å². The zero-order valence-corrected chi connectivity index (χ0v) is 9.54. The van der Waals surface area contributed by atoms with Crippen LogP contribution >= 0.6 is 11.6 Å². The molecular formula is C11H14ClNO3. The number of aliphatic hydroxyl groups is 1. The summed E-state index contributed by atoms with van der Waals surface area (Å²) < 4.78 is 11.0. The van der Waals surface area contributed by atoms with Crippen LogP contribution in [0.4, 0.5) is 0 Å². The monoisotopic (exact) mass is 243 g/mol. The highest BCUT2D eigenvalue weighted by Gasteiger charge is 2.17. The first-order valence-electron chi connectivity index (χ1n) is 5.19. The summed E-state index contributed by atoms with van der Waals surface area (Å²) in [6, 6.07) is 3.36. The minimum Gasteiger partial charge on any atom is -0.490 e. The lowest BCUT2D eigenvalue weighted by molar-refractivity contribution is 0.186. The van der Waals surface area contributed by atoms with Crippen LogP contribution in [0, 0.1) is 0 Å². The summed E-state index contributed by atoms with van der Waals surface area (Å²) in [6.07, 6.45) is 0.0609. The molecule has 1 unspecified atom stereocenters. The Hall–Kier alpha value is -0.970. The fourth-order valence-electron chi connectivity index (χ4n) is 1.58. The summed E-state index contributed by atoms with van der Waals surface area (Å²) in [5.74, 6) is 1.24. The third kappa shape index (κ3) is 2.24. The van der Waals surface area contributed by atoms with Crippen molar-refractivity contribution in [1.82, 2.24) is 0 Å². The molecule has 0 saturated heterocycles. The van der Waals surface area contributed by atoms with E-state index in [-0.39, 0.29) is 6.54 Å². The van der Waals surface area contributed by atoms with Gasteiger partial charge in [-0.05, 0) is 6.07 Å². The number of hydrogen-bond donors (Lipinski definition) is 2. The Kier molecular flexibility index (Phi) is 3.53. The van der Waals surface area contributed by atoms with E-state index in [1.807, 2.05) is 0 Å². The van der Waals surface area contributed by atoms with E-state index >= 15 is 0 Å². The minimum atomic E-state index is -0.773. The van der Waals surface area contributed by atoms with Crippen molar-refractivity contribution in [2.75, 3.05) is 19.8 Å². The predicted molar refractivity (Wildman–Crippen MR) is 61.1 cm³/mol. The second kappa shape index (κ2) is 4.91. The molecule has 0 amide bonds. The normalized spacial score (nSPS) is 16.7. The molecule has 0 spiro atoms. The Morgan fingerprint density at radius 3 is 2.56 bits per heavy atom. The average molecular weight is 244 g/mol. The number of hydrogen-bond acceptors (Lipinski definition) is 4. The smallest absolute Gasteiger partial charge is 0.162 e. The van der Waals surface area contributed by atoms with E-state index in [2.05, 4.69) is 0 Å². The highest BCUT2D eigenvalue weighted by Crippen LogP contribution is 2.37. The van der Waals surface area contributed by atoms with Crippen LogP contribution in [0.15, 0.2) is 12.1 Å². The van der Waals surface area contributed by atoms with Gasteiger partial charge in [-0.2, -0.15) is 0 Å². The Bertz CT molecular complexity index is 384. The van der Waals surface area contributed by atoms with E-state index in [9.17, 15) is 5.11 Å². The fourth-order valence-corrected chi connectivity index (χ4v) is 1.86. The summed E-state index contributed by atoms with van der Waals surface area (Å²) >= 11 is 6.04. The number of fused-ring (bicyclic) bond motifs is 1. The maximum absolute atomic E-state index is 9.68. The van der Waals surface area contributed by atoms with E-state index < -0.39 is 6.10 Å². The van der Waals surface area contributed by atoms with Gasteiger partial charge in [-0.3, -0.25) is 0 Å². The van der Waals surface area contributed by atoms with E-state index in [0.29, 0.717) is 35.3 Å². The lowest BCUT2D eigenvalue weighted by Crippen LogP contribution is -2.12. The Labute approximate surface area is 98.9 Å². The van der Waals surface area contributed by atoms with Crippen LogP contribution in [-0.4, -0.2) is 24.9 Å². The maximum atomic E-state index is 9.68. The van der Waals surface area contributed by atoms with Gasteiger partial charge >= 0.3 is 0 Å². The van der Waals surface area contributed by atoms with Gasteiger partial charge in [0.25, 0.3) is 0 Å². The summed E-state index contributed by atoms with van der Waals surface area (Å²) in [7, 11) is 0. The molecule has 0 radical (unpaired) electrons. The summed E-state index contributed by atoms with van der Waals surface area (Å²) in [5, 5.41) is 10.1. The first kappa shape index (κ1) is 11.5. The first-order valence-corrected chi connectivity index (χ1v) is 5.57. The molecule has 16 heavy (non-hydrogen) atoms. The molecule has 0 aliphatic carbocycles. The van der Waals surface area contributed by atoms with E-state index in [1.54, 1.807) is 12.1 Å². The maximum Gasteiger partial charge on any atom is 0.162 e. The number of rotatable bonds is 2. The topological polar surface area (TPSA) is 64.7 Å². The lowest BCUT2D eigenvalue weighted by Gasteiger charge is -2.14. The van der Waals surface area contributed by atoms with Gasteiger partial charge in [0.05, 0.1) is 24.3 Å². The van der Waals surface area contributed by atoms with Gasteiger partial charge in [0.1, 0.15) is 0 Å². The molecule has 1 aromatic carbocycles. The molecule has 1 aromatic rings. The molecule has 0 saturated carbocycles. The third-order valence-electron chi connectivity index (χ3n) is 2.45. The second-order valence-corrected chi connectivity index (χ2v) is 4.03. The summed E-state index contributed by atoms with van der Waals surface area (Å²) in [6.45, 7) is 1.34. The molecule has 5 heteroatoms. The van der Waals surface area contributed by atoms with E-state index in [1.165, 1.54) is 0 Å². The van der Waals surface area contributed by atoms with Gasteiger partial charge in [0.15, 0.2) is 11.5 Å². The van der Waals surface area contributed by atoms with Crippen molar-refractivity contribution in [3.8, 4) is 11.5 Å². The van der Waals surface area contributed by atoms with Gasteiger partial charge in [0.2, 0.25) is 0 Å². The van der Waals surface area contributed by atoms with Crippen molar-refractivity contribution in [3.63, 3.8) is 0 Å². The van der Waals surface area contributed by atoms with E-state index in [4.69, 9.17) is 26.8 Å². The molecule has 4 nitrogen and oxygen atoms in total. The van der Waals surface area contributed by atoms with Crippen molar-refractivity contribution in [2.24, 2.45) is 5.73 Å². The highest BCUT2D eigenvalue weighted by molar-refractivity contribution is 6.31. The lowest BCUT2D eigenvalue weighted by atomic mass is 10.1. The van der Waals surface area contributed by atoms with Gasteiger partial charge in [0, 0.05) is 24.6 Å². The number of aliphatic hydroxyl groups excluding tert-OH is 1. The largest absolute Gasteiger partial charge is 0.490 e. The number of ether oxygens (including phenoxy) is 2. The van der Waals surface area contributed by atoms with Gasteiger partial charge < -0.3 is 20.3 Å². The van der Waals surface area contributed by atoms with Crippen LogP contribution in [0.3, 0.4) is 0 Å². The van der Waals surface area contributed by atoms with Crippen LogP contribution in [0.25, 0.3) is 0 Å². The highest BCUT2D eigenvalue weighted by atomic mass is 35.5. The van der Waals surface area contributed by atoms with Gasteiger partial charge in [-0.15, -0.1) is 0 Å². The van der Waals surface area contributed by atoms with Crippen molar-refractivity contribution in [1.29, 1.82) is 0 Å². The SMILES string of the molecule is NCC(O)c1cc2c(cc1Cl)OCCCO2. The van der Waals surface area contributed by atoms with Crippen LogP contribution in [0.5, 0.6) is 11.5 Å². The molecule has 1 heterocycles. The molecule has 1 aliphatic rings. The second-order valence-electron chi connectivity index (χ2n) is 3.62.